The summed E-state index contributed by atoms with van der Waals surface area (Å²) in [5.74, 6) is -0.282. The van der Waals surface area contributed by atoms with Crippen molar-refractivity contribution in [2.45, 2.75) is 25.0 Å². The number of thioether (sulfide) groups is 1. The summed E-state index contributed by atoms with van der Waals surface area (Å²) >= 11 is 4.72. The average molecular weight is 490 g/mol. The number of carbonyl (C=O) groups is 2. The molecule has 158 valence electrons. The van der Waals surface area contributed by atoms with Crippen LogP contribution in [0, 0.1) is 0 Å². The van der Waals surface area contributed by atoms with Crippen molar-refractivity contribution >= 4 is 56.0 Å². The SMILES string of the molecule is CCOCCCN1C(=O)C(CC(=O)Nc2ccc(Br)cc2)SC1=Nc1ccccc1. The summed E-state index contributed by atoms with van der Waals surface area (Å²) in [6.07, 6.45) is 0.807. The molecule has 2 aromatic rings. The van der Waals surface area contributed by atoms with E-state index in [9.17, 15) is 9.59 Å². The summed E-state index contributed by atoms with van der Waals surface area (Å²) in [5, 5.41) is 2.99. The number of nitrogens with one attached hydrogen (secondary N) is 1. The van der Waals surface area contributed by atoms with Crippen LogP contribution in [0.5, 0.6) is 0 Å². The molecule has 1 atom stereocenters. The molecule has 0 radical (unpaired) electrons. The average Bonchev–Trinajstić information content (AvgIpc) is 3.02. The van der Waals surface area contributed by atoms with Gasteiger partial charge in [0.25, 0.3) is 0 Å². The fourth-order valence-electron chi connectivity index (χ4n) is 2.93. The van der Waals surface area contributed by atoms with Crippen LogP contribution in [0.1, 0.15) is 19.8 Å². The van der Waals surface area contributed by atoms with E-state index in [4.69, 9.17) is 4.74 Å². The number of amides is 2. The molecule has 1 saturated heterocycles. The Kier molecular flexibility index (Phi) is 8.48. The van der Waals surface area contributed by atoms with Gasteiger partial charge in [0.2, 0.25) is 11.8 Å². The second kappa shape index (κ2) is 11.3. The monoisotopic (exact) mass is 489 g/mol. The van der Waals surface area contributed by atoms with E-state index in [1.807, 2.05) is 61.5 Å². The van der Waals surface area contributed by atoms with Crippen LogP contribution in [-0.2, 0) is 14.3 Å². The summed E-state index contributed by atoms with van der Waals surface area (Å²) in [6.45, 7) is 3.69. The van der Waals surface area contributed by atoms with Gasteiger partial charge in [-0.3, -0.25) is 14.5 Å². The Morgan fingerprint density at radius 1 is 1.20 bits per heavy atom. The summed E-state index contributed by atoms with van der Waals surface area (Å²) in [5.41, 5.74) is 1.48. The molecule has 0 saturated carbocycles. The first-order chi connectivity index (χ1) is 14.6. The van der Waals surface area contributed by atoms with Gasteiger partial charge in [-0.1, -0.05) is 45.9 Å². The predicted molar refractivity (Wildman–Crippen MR) is 125 cm³/mol. The van der Waals surface area contributed by atoms with Crippen LogP contribution in [0.3, 0.4) is 0 Å². The molecule has 3 rings (SSSR count). The third-order valence-electron chi connectivity index (χ3n) is 4.37. The highest BCUT2D eigenvalue weighted by Gasteiger charge is 2.38. The highest BCUT2D eigenvalue weighted by molar-refractivity contribution is 9.10. The first-order valence-electron chi connectivity index (χ1n) is 9.81. The number of rotatable bonds is 9. The maximum absolute atomic E-state index is 13.0. The quantitative estimate of drug-likeness (QED) is 0.511. The second-order valence-corrected chi connectivity index (χ2v) is 8.72. The lowest BCUT2D eigenvalue weighted by Crippen LogP contribution is -2.34. The number of amidine groups is 1. The number of hydrogen-bond donors (Lipinski definition) is 1. The van der Waals surface area contributed by atoms with Gasteiger partial charge in [0, 0.05) is 36.3 Å². The first kappa shape index (κ1) is 22.5. The van der Waals surface area contributed by atoms with Crippen LogP contribution in [0.4, 0.5) is 11.4 Å². The number of ether oxygens (including phenoxy) is 1. The molecular formula is C22H24BrN3O3S. The maximum atomic E-state index is 13.0. The van der Waals surface area contributed by atoms with Gasteiger partial charge in [-0.05, 0) is 49.7 Å². The zero-order valence-electron chi connectivity index (χ0n) is 16.7. The molecule has 2 aromatic carbocycles. The Morgan fingerprint density at radius 2 is 1.93 bits per heavy atom. The number of carbonyl (C=O) groups excluding carboxylic acids is 2. The third-order valence-corrected chi connectivity index (χ3v) is 6.08. The Bertz CT molecular complexity index is 890. The molecule has 1 unspecified atom stereocenters. The zero-order chi connectivity index (χ0) is 21.3. The van der Waals surface area contributed by atoms with Gasteiger partial charge in [-0.2, -0.15) is 0 Å². The van der Waals surface area contributed by atoms with Crippen molar-refractivity contribution in [3.8, 4) is 0 Å². The van der Waals surface area contributed by atoms with Crippen LogP contribution in [0.15, 0.2) is 64.1 Å². The van der Waals surface area contributed by atoms with Crippen molar-refractivity contribution in [1.29, 1.82) is 0 Å². The molecule has 2 amide bonds. The Labute approximate surface area is 189 Å². The van der Waals surface area contributed by atoms with E-state index in [1.54, 1.807) is 4.90 Å². The predicted octanol–water partition coefficient (Wildman–Crippen LogP) is 4.84. The van der Waals surface area contributed by atoms with Gasteiger partial charge in [0.1, 0.15) is 5.25 Å². The topological polar surface area (TPSA) is 71.0 Å². The molecule has 0 spiro atoms. The van der Waals surface area contributed by atoms with E-state index in [2.05, 4.69) is 26.2 Å². The third kappa shape index (κ3) is 6.42. The minimum absolute atomic E-state index is 0.0860. The molecule has 1 aliphatic heterocycles. The molecule has 0 bridgehead atoms. The number of aliphatic imine (C=N–C) groups is 1. The van der Waals surface area contributed by atoms with Gasteiger partial charge < -0.3 is 10.1 Å². The van der Waals surface area contributed by atoms with Gasteiger partial charge in [-0.25, -0.2) is 4.99 Å². The number of anilines is 1. The minimum atomic E-state index is -0.491. The van der Waals surface area contributed by atoms with Crippen LogP contribution < -0.4 is 5.32 Å². The Hall–Kier alpha value is -2.16. The van der Waals surface area contributed by atoms with Crippen LogP contribution >= 0.6 is 27.7 Å². The molecular weight excluding hydrogens is 466 g/mol. The minimum Gasteiger partial charge on any atom is -0.382 e. The van der Waals surface area contributed by atoms with Crippen LogP contribution in [-0.4, -0.2) is 46.9 Å². The summed E-state index contributed by atoms with van der Waals surface area (Å²) in [6, 6.07) is 16.9. The van der Waals surface area contributed by atoms with Crippen molar-refractivity contribution in [2.24, 2.45) is 4.99 Å². The molecule has 1 fully saturated rings. The van der Waals surface area contributed by atoms with Crippen molar-refractivity contribution in [2.75, 3.05) is 25.1 Å². The number of halogens is 1. The number of benzene rings is 2. The number of hydrogen-bond acceptors (Lipinski definition) is 5. The summed E-state index contributed by atoms with van der Waals surface area (Å²) < 4.78 is 6.33. The molecule has 0 aromatic heterocycles. The van der Waals surface area contributed by atoms with Crippen LogP contribution in [0.25, 0.3) is 0 Å². The largest absolute Gasteiger partial charge is 0.382 e. The molecule has 1 N–H and O–H groups in total. The molecule has 6 nitrogen and oxygen atoms in total. The van der Waals surface area contributed by atoms with E-state index >= 15 is 0 Å². The fourth-order valence-corrected chi connectivity index (χ4v) is 4.37. The van der Waals surface area contributed by atoms with Crippen LogP contribution in [0.2, 0.25) is 0 Å². The Morgan fingerprint density at radius 3 is 2.63 bits per heavy atom. The molecule has 30 heavy (non-hydrogen) atoms. The smallest absolute Gasteiger partial charge is 0.242 e. The van der Waals surface area contributed by atoms with E-state index < -0.39 is 5.25 Å². The standard InChI is InChI=1S/C22H24BrN3O3S/c1-2-29-14-6-13-26-21(28)19(30-22(26)25-17-7-4-3-5-8-17)15-20(27)24-18-11-9-16(23)10-12-18/h3-5,7-12,19H,2,6,13-15H2,1H3,(H,24,27). The van der Waals surface area contributed by atoms with Gasteiger partial charge in [-0.15, -0.1) is 0 Å². The molecule has 0 aliphatic carbocycles. The molecule has 8 heteroatoms. The summed E-state index contributed by atoms with van der Waals surface area (Å²) in [4.78, 5) is 31.8. The maximum Gasteiger partial charge on any atom is 0.242 e. The van der Waals surface area contributed by atoms with Gasteiger partial charge >= 0.3 is 0 Å². The lowest BCUT2D eigenvalue weighted by Gasteiger charge is -2.16. The van der Waals surface area contributed by atoms with Gasteiger partial charge in [0.05, 0.1) is 5.69 Å². The van der Waals surface area contributed by atoms with Crippen molar-refractivity contribution in [1.82, 2.24) is 4.90 Å². The first-order valence-corrected chi connectivity index (χ1v) is 11.5. The highest BCUT2D eigenvalue weighted by atomic mass is 79.9. The van der Waals surface area contributed by atoms with E-state index in [1.165, 1.54) is 11.8 Å². The van der Waals surface area contributed by atoms with Crippen molar-refractivity contribution in [3.63, 3.8) is 0 Å². The van der Waals surface area contributed by atoms with Gasteiger partial charge in [0.15, 0.2) is 5.17 Å². The fraction of sp³-hybridized carbons (Fsp3) is 0.318. The lowest BCUT2D eigenvalue weighted by molar-refractivity contribution is -0.128. The van der Waals surface area contributed by atoms with E-state index in [-0.39, 0.29) is 18.2 Å². The van der Waals surface area contributed by atoms with Crippen molar-refractivity contribution in [3.05, 3.63) is 59.1 Å². The van der Waals surface area contributed by atoms with E-state index in [0.717, 1.165) is 10.2 Å². The normalized spacial score (nSPS) is 17.5. The van der Waals surface area contributed by atoms with Crippen molar-refractivity contribution < 1.29 is 14.3 Å². The lowest BCUT2D eigenvalue weighted by atomic mass is 10.2. The number of para-hydroxylation sites is 1. The zero-order valence-corrected chi connectivity index (χ0v) is 19.1. The second-order valence-electron chi connectivity index (χ2n) is 6.64. The number of nitrogens with zero attached hydrogens (tertiary/aromatic N) is 2. The summed E-state index contributed by atoms with van der Waals surface area (Å²) in [7, 11) is 0. The highest BCUT2D eigenvalue weighted by Crippen LogP contribution is 2.32. The van der Waals surface area contributed by atoms with E-state index in [0.29, 0.717) is 37.0 Å². The molecule has 1 aliphatic rings. The molecule has 1 heterocycles. The Balaban J connectivity index is 1.68.